The largest absolute Gasteiger partial charge is 0.456 e. The Morgan fingerprint density at radius 1 is 0.351 bits per heavy atom. The van der Waals surface area contributed by atoms with Crippen LogP contribution in [0, 0.1) is 0 Å². The highest BCUT2D eigenvalue weighted by molar-refractivity contribution is 5.78. The van der Waals surface area contributed by atoms with Crippen molar-refractivity contribution in [2.24, 2.45) is 0 Å². The van der Waals surface area contributed by atoms with E-state index in [0.29, 0.717) is 0 Å². The van der Waals surface area contributed by atoms with Crippen LogP contribution in [0.3, 0.4) is 0 Å². The Labute approximate surface area is 217 Å². The molecule has 1 aliphatic carbocycles. The van der Waals surface area contributed by atoms with Crippen LogP contribution in [0.1, 0.15) is 11.1 Å². The molecule has 0 radical (unpaired) electrons. The average Bonchev–Trinajstić information content (AvgIpc) is 3.48. The van der Waals surface area contributed by atoms with Crippen LogP contribution in [0.2, 0.25) is 0 Å². The normalized spacial score (nSPS) is 12.1. The lowest BCUT2D eigenvalue weighted by molar-refractivity contribution is 0.597. The first-order chi connectivity index (χ1) is 18.3. The van der Waals surface area contributed by atoms with E-state index in [1.165, 1.54) is 44.5 Å². The van der Waals surface area contributed by atoms with Crippen LogP contribution in [0.25, 0.3) is 56.0 Å². The van der Waals surface area contributed by atoms with Crippen molar-refractivity contribution in [1.82, 2.24) is 0 Å². The summed E-state index contributed by atoms with van der Waals surface area (Å²) in [7, 11) is 0. The molecule has 1 heterocycles. The fourth-order valence-electron chi connectivity index (χ4n) is 5.45. The van der Waals surface area contributed by atoms with Gasteiger partial charge in [0.1, 0.15) is 11.5 Å². The Bertz CT molecular complexity index is 1690. The number of benzene rings is 5. The molecule has 0 bridgehead atoms. The van der Waals surface area contributed by atoms with Gasteiger partial charge in [0.15, 0.2) is 0 Å². The molecule has 0 spiro atoms. The van der Waals surface area contributed by atoms with Gasteiger partial charge in [-0.25, -0.2) is 0 Å². The average molecular weight is 475 g/mol. The summed E-state index contributed by atoms with van der Waals surface area (Å²) >= 11 is 0. The molecule has 1 nitrogen and oxygen atoms in total. The predicted molar refractivity (Wildman–Crippen MR) is 153 cm³/mol. The van der Waals surface area contributed by atoms with Gasteiger partial charge in [-0.15, -0.1) is 0 Å². The zero-order valence-electron chi connectivity index (χ0n) is 20.5. The monoisotopic (exact) mass is 474 g/mol. The summed E-state index contributed by atoms with van der Waals surface area (Å²) in [5.74, 6) is 1.77. The molecule has 5 aromatic carbocycles. The zero-order chi connectivity index (χ0) is 24.6. The molecular weight excluding hydrogens is 448 g/mol. The van der Waals surface area contributed by atoms with Crippen LogP contribution >= 0.6 is 0 Å². The van der Waals surface area contributed by atoms with E-state index in [2.05, 4.69) is 127 Å². The first kappa shape index (κ1) is 21.6. The molecule has 1 aromatic heterocycles. The second kappa shape index (κ2) is 9.11. The standard InChI is InChI=1S/C36H26O/c1-2-6-25(7-3-1)26-10-15-29(16-11-26)35-22-23-36(37-35)30-17-12-27(13-18-30)31-20-21-34-32(24-31)19-14-28-8-4-5-9-33(28)34/h1-13,15-18,20-24H,14,19H2. The lowest BCUT2D eigenvalue weighted by Gasteiger charge is -2.20. The molecule has 0 amide bonds. The Kier molecular flexibility index (Phi) is 5.33. The van der Waals surface area contributed by atoms with Gasteiger partial charge < -0.3 is 4.42 Å². The van der Waals surface area contributed by atoms with Gasteiger partial charge in [-0.2, -0.15) is 0 Å². The predicted octanol–water partition coefficient (Wildman–Crippen LogP) is 9.71. The minimum Gasteiger partial charge on any atom is -0.456 e. The molecule has 0 aliphatic heterocycles. The second-order valence-electron chi connectivity index (χ2n) is 9.71. The summed E-state index contributed by atoms with van der Waals surface area (Å²) in [6, 6.07) is 47.5. The maximum Gasteiger partial charge on any atom is 0.134 e. The summed E-state index contributed by atoms with van der Waals surface area (Å²) < 4.78 is 6.25. The summed E-state index contributed by atoms with van der Waals surface area (Å²) in [4.78, 5) is 0. The van der Waals surface area contributed by atoms with Crippen molar-refractivity contribution in [3.8, 4) is 56.0 Å². The van der Waals surface area contributed by atoms with Gasteiger partial charge in [0.25, 0.3) is 0 Å². The minimum absolute atomic E-state index is 0.883. The van der Waals surface area contributed by atoms with E-state index >= 15 is 0 Å². The smallest absolute Gasteiger partial charge is 0.134 e. The Balaban J connectivity index is 1.12. The summed E-state index contributed by atoms with van der Waals surface area (Å²) in [6.07, 6.45) is 2.21. The third-order valence-electron chi connectivity index (χ3n) is 7.46. The van der Waals surface area contributed by atoms with Gasteiger partial charge in [0.05, 0.1) is 0 Å². The Hall–Kier alpha value is -4.62. The van der Waals surface area contributed by atoms with Gasteiger partial charge >= 0.3 is 0 Å². The lowest BCUT2D eigenvalue weighted by Crippen LogP contribution is -2.03. The molecule has 0 unspecified atom stereocenters. The van der Waals surface area contributed by atoms with Gasteiger partial charge in [-0.05, 0) is 69.5 Å². The quantitative estimate of drug-likeness (QED) is 0.248. The number of aryl methyl sites for hydroxylation is 2. The van der Waals surface area contributed by atoms with Crippen molar-refractivity contribution in [2.75, 3.05) is 0 Å². The highest BCUT2D eigenvalue weighted by atomic mass is 16.3. The molecule has 1 heteroatoms. The van der Waals surface area contributed by atoms with Gasteiger partial charge in [-0.3, -0.25) is 0 Å². The van der Waals surface area contributed by atoms with Gasteiger partial charge in [0.2, 0.25) is 0 Å². The summed E-state index contributed by atoms with van der Waals surface area (Å²) in [5, 5.41) is 0. The molecule has 0 fully saturated rings. The minimum atomic E-state index is 0.883. The summed E-state index contributed by atoms with van der Waals surface area (Å²) in [5.41, 5.74) is 12.7. The number of rotatable bonds is 4. The maximum atomic E-state index is 6.25. The number of hydrogen-bond donors (Lipinski definition) is 0. The molecule has 0 saturated heterocycles. The molecule has 7 rings (SSSR count). The second-order valence-corrected chi connectivity index (χ2v) is 9.71. The number of furan rings is 1. The van der Waals surface area contributed by atoms with E-state index in [4.69, 9.17) is 4.42 Å². The lowest BCUT2D eigenvalue weighted by atomic mass is 9.84. The third kappa shape index (κ3) is 4.09. The van der Waals surface area contributed by atoms with E-state index in [-0.39, 0.29) is 0 Å². The SMILES string of the molecule is c1ccc(-c2ccc(-c3ccc(-c4ccc(-c5ccc6c(c5)CCc5ccccc5-6)cc4)o3)cc2)cc1. The molecule has 0 atom stereocenters. The molecular formula is C36H26O. The van der Waals surface area contributed by atoms with E-state index < -0.39 is 0 Å². The van der Waals surface area contributed by atoms with Gasteiger partial charge in [-0.1, -0.05) is 121 Å². The third-order valence-corrected chi connectivity index (χ3v) is 7.46. The van der Waals surface area contributed by atoms with Crippen LogP contribution in [0.4, 0.5) is 0 Å². The van der Waals surface area contributed by atoms with E-state index in [0.717, 1.165) is 35.5 Å². The first-order valence-electron chi connectivity index (χ1n) is 12.9. The number of fused-ring (bicyclic) bond motifs is 3. The van der Waals surface area contributed by atoms with Crippen LogP contribution in [0.15, 0.2) is 138 Å². The number of hydrogen-bond acceptors (Lipinski definition) is 1. The van der Waals surface area contributed by atoms with E-state index in [1.54, 1.807) is 0 Å². The van der Waals surface area contributed by atoms with Gasteiger partial charge in [0, 0.05) is 11.1 Å². The van der Waals surface area contributed by atoms with Crippen molar-refractivity contribution in [3.63, 3.8) is 0 Å². The highest BCUT2D eigenvalue weighted by Crippen LogP contribution is 2.36. The van der Waals surface area contributed by atoms with Crippen molar-refractivity contribution in [2.45, 2.75) is 12.8 Å². The van der Waals surface area contributed by atoms with E-state index in [9.17, 15) is 0 Å². The molecule has 0 N–H and O–H groups in total. The highest BCUT2D eigenvalue weighted by Gasteiger charge is 2.16. The van der Waals surface area contributed by atoms with E-state index in [1.807, 2.05) is 6.07 Å². The fraction of sp³-hybridized carbons (Fsp3) is 0.0556. The Morgan fingerprint density at radius 2 is 0.838 bits per heavy atom. The molecule has 37 heavy (non-hydrogen) atoms. The van der Waals surface area contributed by atoms with Crippen molar-refractivity contribution >= 4 is 0 Å². The Morgan fingerprint density at radius 3 is 1.54 bits per heavy atom. The molecule has 176 valence electrons. The molecule has 0 saturated carbocycles. The summed E-state index contributed by atoms with van der Waals surface area (Å²) in [6.45, 7) is 0. The van der Waals surface area contributed by atoms with Crippen molar-refractivity contribution < 1.29 is 4.42 Å². The van der Waals surface area contributed by atoms with Crippen LogP contribution in [0.5, 0.6) is 0 Å². The van der Waals surface area contributed by atoms with Crippen LogP contribution in [-0.4, -0.2) is 0 Å². The van der Waals surface area contributed by atoms with Crippen LogP contribution < -0.4 is 0 Å². The van der Waals surface area contributed by atoms with Crippen LogP contribution in [-0.2, 0) is 12.8 Å². The maximum absolute atomic E-state index is 6.25. The van der Waals surface area contributed by atoms with Crippen molar-refractivity contribution in [3.05, 3.63) is 145 Å². The zero-order valence-corrected chi connectivity index (χ0v) is 20.5. The molecule has 1 aliphatic rings. The molecule has 6 aromatic rings. The fourth-order valence-corrected chi connectivity index (χ4v) is 5.45. The first-order valence-corrected chi connectivity index (χ1v) is 12.9. The topological polar surface area (TPSA) is 13.1 Å². The van der Waals surface area contributed by atoms with Crippen molar-refractivity contribution in [1.29, 1.82) is 0 Å².